The van der Waals surface area contributed by atoms with Gasteiger partial charge < -0.3 is 14.4 Å². The van der Waals surface area contributed by atoms with Gasteiger partial charge in [0, 0.05) is 0 Å². The van der Waals surface area contributed by atoms with E-state index in [4.69, 9.17) is 21.1 Å². The van der Waals surface area contributed by atoms with Gasteiger partial charge in [0.1, 0.15) is 5.75 Å². The third-order valence-corrected chi connectivity index (χ3v) is 4.72. The molecule has 1 aromatic rings. The third kappa shape index (κ3) is 7.43. The summed E-state index contributed by atoms with van der Waals surface area (Å²) in [7, 11) is 0. The van der Waals surface area contributed by atoms with Gasteiger partial charge in [-0.2, -0.15) is 0 Å². The molecule has 0 aliphatic carbocycles. The highest BCUT2D eigenvalue weighted by Gasteiger charge is 2.25. The molecule has 0 amide bonds. The number of carbonyl (C=O) groups is 1. The zero-order chi connectivity index (χ0) is 17.4. The molecule has 0 aromatic heterocycles. The molecule has 0 bridgehead atoms. The molecule has 0 spiro atoms. The fourth-order valence-electron chi connectivity index (χ4n) is 2.99. The van der Waals surface area contributed by atoms with Crippen LogP contribution in [-0.4, -0.2) is 43.7 Å². The molecular weight excluding hydrogens is 361 g/mol. The molecule has 0 radical (unpaired) electrons. The molecule has 142 valence electrons. The highest BCUT2D eigenvalue weighted by Crippen LogP contribution is 2.25. The maximum atomic E-state index is 11.7. The van der Waals surface area contributed by atoms with Gasteiger partial charge in [0.2, 0.25) is 0 Å². The second-order valence-corrected chi connectivity index (χ2v) is 6.76. The van der Waals surface area contributed by atoms with E-state index in [-0.39, 0.29) is 24.3 Å². The number of unbranched alkanes of at least 4 members (excludes halogenated alkanes) is 1. The number of rotatable bonds is 8. The third-order valence-electron chi connectivity index (χ3n) is 4.42. The van der Waals surface area contributed by atoms with Crippen molar-refractivity contribution in [2.45, 2.75) is 39.5 Å². The summed E-state index contributed by atoms with van der Waals surface area (Å²) in [5.74, 6) is 0.825. The van der Waals surface area contributed by atoms with Crippen molar-refractivity contribution >= 4 is 30.0 Å². The van der Waals surface area contributed by atoms with Crippen LogP contribution in [0.25, 0.3) is 0 Å². The van der Waals surface area contributed by atoms with Crippen LogP contribution in [0.3, 0.4) is 0 Å². The van der Waals surface area contributed by atoms with Crippen molar-refractivity contribution in [1.29, 1.82) is 0 Å². The number of benzene rings is 1. The Morgan fingerprint density at radius 3 is 2.64 bits per heavy atom. The molecule has 25 heavy (non-hydrogen) atoms. The van der Waals surface area contributed by atoms with Crippen molar-refractivity contribution in [3.8, 4) is 5.75 Å². The summed E-state index contributed by atoms with van der Waals surface area (Å²) in [5.41, 5.74) is 1.14. The lowest BCUT2D eigenvalue weighted by Gasteiger charge is -2.30. The predicted molar refractivity (Wildman–Crippen MR) is 104 cm³/mol. The zero-order valence-corrected chi connectivity index (χ0v) is 16.7. The number of likely N-dealkylation sites (tertiary alicyclic amines) is 1. The first-order valence-corrected chi connectivity index (χ1v) is 9.26. The Labute approximate surface area is 162 Å². The van der Waals surface area contributed by atoms with Gasteiger partial charge in [0.05, 0.1) is 24.2 Å². The van der Waals surface area contributed by atoms with Gasteiger partial charge in [0.15, 0.2) is 0 Å². The minimum absolute atomic E-state index is 0. The summed E-state index contributed by atoms with van der Waals surface area (Å²) in [4.78, 5) is 14.1. The van der Waals surface area contributed by atoms with Crippen LogP contribution in [0.2, 0.25) is 5.02 Å². The number of nitrogens with zero attached hydrogens (tertiary/aromatic N) is 1. The Morgan fingerprint density at radius 2 is 2.00 bits per heavy atom. The van der Waals surface area contributed by atoms with E-state index in [1.54, 1.807) is 0 Å². The first kappa shape index (κ1) is 22.1. The van der Waals surface area contributed by atoms with Gasteiger partial charge >= 0.3 is 5.97 Å². The lowest BCUT2D eigenvalue weighted by Crippen LogP contribution is -2.37. The van der Waals surface area contributed by atoms with Crippen LogP contribution in [0.15, 0.2) is 18.2 Å². The number of hydrogen-bond donors (Lipinski definition) is 0. The molecule has 1 heterocycles. The van der Waals surface area contributed by atoms with Crippen LogP contribution in [0.1, 0.15) is 38.2 Å². The van der Waals surface area contributed by atoms with Gasteiger partial charge in [-0.3, -0.25) is 4.79 Å². The molecule has 4 nitrogen and oxygen atoms in total. The molecule has 1 fully saturated rings. The maximum absolute atomic E-state index is 11.7. The van der Waals surface area contributed by atoms with Crippen molar-refractivity contribution in [3.05, 3.63) is 28.8 Å². The average Bonchev–Trinajstić information content (AvgIpc) is 2.57. The van der Waals surface area contributed by atoms with Gasteiger partial charge in [-0.05, 0) is 76.9 Å². The van der Waals surface area contributed by atoms with Crippen LogP contribution >= 0.6 is 24.0 Å². The molecule has 1 aliphatic rings. The van der Waals surface area contributed by atoms with E-state index < -0.39 is 0 Å². The lowest BCUT2D eigenvalue weighted by molar-refractivity contribution is -0.149. The van der Waals surface area contributed by atoms with E-state index in [0.717, 1.165) is 56.6 Å². The Morgan fingerprint density at radius 1 is 1.28 bits per heavy atom. The first-order valence-electron chi connectivity index (χ1n) is 8.88. The van der Waals surface area contributed by atoms with E-state index in [1.165, 1.54) is 0 Å². The smallest absolute Gasteiger partial charge is 0.309 e. The topological polar surface area (TPSA) is 38.8 Å². The highest BCUT2D eigenvalue weighted by molar-refractivity contribution is 6.32. The normalized spacial score (nSPS) is 15.5. The maximum Gasteiger partial charge on any atom is 0.309 e. The van der Waals surface area contributed by atoms with Crippen LogP contribution in [0, 0.1) is 12.8 Å². The largest absolute Gasteiger partial charge is 0.492 e. The highest BCUT2D eigenvalue weighted by atomic mass is 35.5. The first-order chi connectivity index (χ1) is 11.6. The zero-order valence-electron chi connectivity index (χ0n) is 15.1. The van der Waals surface area contributed by atoms with Crippen LogP contribution in [0.5, 0.6) is 5.75 Å². The van der Waals surface area contributed by atoms with Crippen molar-refractivity contribution in [2.24, 2.45) is 5.92 Å². The standard InChI is InChI=1S/C19H28ClNO3.ClH/c1-3-23-19(22)16-8-11-21(12-9-16)10-4-5-13-24-18-7-6-15(2)14-17(18)20;/h6-7,14,16H,3-5,8-13H2,1-2H3;1H. The van der Waals surface area contributed by atoms with Crippen molar-refractivity contribution in [3.63, 3.8) is 0 Å². The molecule has 1 aromatic carbocycles. The average molecular weight is 390 g/mol. The van der Waals surface area contributed by atoms with Crippen molar-refractivity contribution in [2.75, 3.05) is 32.8 Å². The van der Waals surface area contributed by atoms with Crippen LogP contribution < -0.4 is 4.74 Å². The number of ether oxygens (including phenoxy) is 2. The number of aryl methyl sites for hydroxylation is 1. The Kier molecular flexibility index (Phi) is 10.2. The number of esters is 1. The van der Waals surface area contributed by atoms with E-state index in [2.05, 4.69) is 4.90 Å². The molecule has 1 aliphatic heterocycles. The van der Waals surface area contributed by atoms with Gasteiger partial charge in [-0.15, -0.1) is 12.4 Å². The number of halogens is 2. The number of carbonyl (C=O) groups excluding carboxylic acids is 1. The SMILES string of the molecule is CCOC(=O)C1CCN(CCCCOc2ccc(C)cc2Cl)CC1.Cl. The summed E-state index contributed by atoms with van der Waals surface area (Å²) in [6.07, 6.45) is 3.91. The van der Waals surface area contributed by atoms with E-state index in [9.17, 15) is 4.79 Å². The second kappa shape index (κ2) is 11.6. The summed E-state index contributed by atoms with van der Waals surface area (Å²) in [6.45, 7) is 8.05. The minimum atomic E-state index is -0.0273. The molecule has 0 N–H and O–H groups in total. The van der Waals surface area contributed by atoms with Gasteiger partial charge in [-0.25, -0.2) is 0 Å². The van der Waals surface area contributed by atoms with Gasteiger partial charge in [0.25, 0.3) is 0 Å². The molecule has 0 saturated carbocycles. The number of hydrogen-bond acceptors (Lipinski definition) is 4. The Balaban J connectivity index is 0.00000312. The van der Waals surface area contributed by atoms with Crippen molar-refractivity contribution in [1.82, 2.24) is 4.90 Å². The van der Waals surface area contributed by atoms with Crippen LogP contribution in [0.4, 0.5) is 0 Å². The fraction of sp³-hybridized carbons (Fsp3) is 0.632. The fourth-order valence-corrected chi connectivity index (χ4v) is 3.28. The Hall–Kier alpha value is -0.970. The summed E-state index contributed by atoms with van der Waals surface area (Å²) < 4.78 is 10.8. The van der Waals surface area contributed by atoms with E-state index in [1.807, 2.05) is 32.0 Å². The van der Waals surface area contributed by atoms with E-state index in [0.29, 0.717) is 18.2 Å². The second-order valence-electron chi connectivity index (χ2n) is 6.36. The van der Waals surface area contributed by atoms with Crippen molar-refractivity contribution < 1.29 is 14.3 Å². The summed E-state index contributed by atoms with van der Waals surface area (Å²) in [6, 6.07) is 5.86. The molecular formula is C19H29Cl2NO3. The molecule has 2 rings (SSSR count). The monoisotopic (exact) mass is 389 g/mol. The molecule has 0 atom stereocenters. The molecule has 0 unspecified atom stereocenters. The summed E-state index contributed by atoms with van der Waals surface area (Å²) in [5, 5.41) is 0.677. The lowest BCUT2D eigenvalue weighted by atomic mass is 9.97. The van der Waals surface area contributed by atoms with Gasteiger partial charge in [-0.1, -0.05) is 17.7 Å². The molecule has 1 saturated heterocycles. The predicted octanol–water partition coefficient (Wildman–Crippen LogP) is 4.50. The summed E-state index contributed by atoms with van der Waals surface area (Å²) >= 11 is 6.15. The van der Waals surface area contributed by atoms with E-state index >= 15 is 0 Å². The Bertz CT molecular complexity index is 531. The molecule has 6 heteroatoms. The minimum Gasteiger partial charge on any atom is -0.492 e. The number of piperidine rings is 1. The van der Waals surface area contributed by atoms with Crippen LogP contribution in [-0.2, 0) is 9.53 Å². The quantitative estimate of drug-likeness (QED) is 0.484.